The third kappa shape index (κ3) is 3.41. The average Bonchev–Trinajstić information content (AvgIpc) is 2.83. The normalized spacial score (nSPS) is 10.5. The summed E-state index contributed by atoms with van der Waals surface area (Å²) in [7, 11) is 0. The third-order valence-corrected chi connectivity index (χ3v) is 3.43. The highest BCUT2D eigenvalue weighted by Crippen LogP contribution is 2.25. The maximum atomic E-state index is 5.86. The highest BCUT2D eigenvalue weighted by Gasteiger charge is 2.05. The van der Waals surface area contributed by atoms with E-state index in [1.165, 1.54) is 6.33 Å². The first-order valence-corrected chi connectivity index (χ1v) is 6.32. The van der Waals surface area contributed by atoms with Crippen molar-refractivity contribution in [1.82, 2.24) is 19.7 Å². The van der Waals surface area contributed by atoms with Crippen molar-refractivity contribution in [2.24, 2.45) is 0 Å². The van der Waals surface area contributed by atoms with E-state index >= 15 is 0 Å². The molecular formula is C10H11BrClN5. The second kappa shape index (κ2) is 5.97. The van der Waals surface area contributed by atoms with Gasteiger partial charge in [-0.1, -0.05) is 11.6 Å². The lowest BCUT2D eigenvalue weighted by molar-refractivity contribution is 0.591. The fraction of sp³-hybridized carbons (Fsp3) is 0.300. The van der Waals surface area contributed by atoms with Crippen LogP contribution < -0.4 is 5.32 Å². The molecule has 2 rings (SSSR count). The molecule has 2 aromatic rings. The van der Waals surface area contributed by atoms with Gasteiger partial charge in [0.2, 0.25) is 0 Å². The number of rotatable bonds is 5. The summed E-state index contributed by atoms with van der Waals surface area (Å²) in [6.45, 7) is 1.67. The molecule has 0 bridgehead atoms. The smallest absolute Gasteiger partial charge is 0.148 e. The number of aromatic nitrogens is 4. The van der Waals surface area contributed by atoms with Gasteiger partial charge in [-0.25, -0.2) is 9.97 Å². The highest BCUT2D eigenvalue weighted by atomic mass is 79.9. The van der Waals surface area contributed by atoms with Crippen LogP contribution in [-0.4, -0.2) is 26.3 Å². The lowest BCUT2D eigenvalue weighted by atomic mass is 10.4. The van der Waals surface area contributed by atoms with Crippen molar-refractivity contribution in [2.75, 3.05) is 11.9 Å². The average molecular weight is 317 g/mol. The number of nitrogens with one attached hydrogen (secondary N) is 1. The Morgan fingerprint density at radius 1 is 1.41 bits per heavy atom. The topological polar surface area (TPSA) is 55.6 Å². The summed E-state index contributed by atoms with van der Waals surface area (Å²) in [5.74, 6) is 0.713. The van der Waals surface area contributed by atoms with E-state index in [1.807, 2.05) is 16.9 Å². The van der Waals surface area contributed by atoms with Crippen molar-refractivity contribution in [3.8, 4) is 0 Å². The van der Waals surface area contributed by atoms with Gasteiger partial charge in [-0.3, -0.25) is 4.68 Å². The van der Waals surface area contributed by atoms with Crippen LogP contribution >= 0.6 is 27.5 Å². The van der Waals surface area contributed by atoms with Gasteiger partial charge in [-0.2, -0.15) is 5.10 Å². The predicted octanol–water partition coefficient (Wildman–Crippen LogP) is 2.59. The zero-order valence-corrected chi connectivity index (χ0v) is 11.3. The zero-order valence-electron chi connectivity index (χ0n) is 8.98. The number of hydrogen-bond acceptors (Lipinski definition) is 4. The van der Waals surface area contributed by atoms with Crippen LogP contribution in [0.2, 0.25) is 5.15 Å². The molecule has 5 nitrogen and oxygen atoms in total. The Bertz CT molecular complexity index is 474. The molecule has 0 aliphatic heterocycles. The summed E-state index contributed by atoms with van der Waals surface area (Å²) in [6.07, 6.45) is 6.10. The summed E-state index contributed by atoms with van der Waals surface area (Å²) in [5.41, 5.74) is 0. The molecule has 0 aliphatic rings. The first-order valence-electron chi connectivity index (χ1n) is 5.14. The molecule has 0 saturated carbocycles. The van der Waals surface area contributed by atoms with Crippen molar-refractivity contribution in [2.45, 2.75) is 13.0 Å². The largest absolute Gasteiger partial charge is 0.369 e. The molecule has 1 N–H and O–H groups in total. The second-order valence-corrected chi connectivity index (χ2v) is 4.53. The van der Waals surface area contributed by atoms with E-state index in [0.717, 1.165) is 19.5 Å². The highest BCUT2D eigenvalue weighted by molar-refractivity contribution is 9.10. The summed E-state index contributed by atoms with van der Waals surface area (Å²) < 4.78 is 2.59. The first kappa shape index (κ1) is 12.3. The molecule has 2 aromatic heterocycles. The second-order valence-electron chi connectivity index (χ2n) is 3.38. The minimum Gasteiger partial charge on any atom is -0.369 e. The molecule has 0 amide bonds. The summed E-state index contributed by atoms with van der Waals surface area (Å²) in [5, 5.41) is 7.73. The molecule has 17 heavy (non-hydrogen) atoms. The van der Waals surface area contributed by atoms with Crippen molar-refractivity contribution in [3.63, 3.8) is 0 Å². The summed E-state index contributed by atoms with van der Waals surface area (Å²) >= 11 is 9.19. The lowest BCUT2D eigenvalue weighted by Crippen LogP contribution is -2.08. The molecule has 0 spiro atoms. The summed E-state index contributed by atoms with van der Waals surface area (Å²) in [6, 6.07) is 1.91. The van der Waals surface area contributed by atoms with Crippen molar-refractivity contribution >= 4 is 33.3 Å². The molecule has 0 aliphatic carbocycles. The number of aryl methyl sites for hydroxylation is 1. The van der Waals surface area contributed by atoms with E-state index in [1.54, 1.807) is 6.20 Å². The minimum absolute atomic E-state index is 0.412. The molecule has 0 radical (unpaired) electrons. The van der Waals surface area contributed by atoms with E-state index in [4.69, 9.17) is 11.6 Å². The van der Waals surface area contributed by atoms with Crippen LogP contribution in [0.4, 0.5) is 5.82 Å². The van der Waals surface area contributed by atoms with Gasteiger partial charge < -0.3 is 5.32 Å². The molecule has 2 heterocycles. The minimum atomic E-state index is 0.412. The van der Waals surface area contributed by atoms with Gasteiger partial charge in [-0.05, 0) is 28.4 Å². The van der Waals surface area contributed by atoms with Crippen LogP contribution in [-0.2, 0) is 6.54 Å². The number of hydrogen-bond donors (Lipinski definition) is 1. The Morgan fingerprint density at radius 2 is 2.29 bits per heavy atom. The molecular weight excluding hydrogens is 306 g/mol. The van der Waals surface area contributed by atoms with Crippen LogP contribution in [0.25, 0.3) is 0 Å². The van der Waals surface area contributed by atoms with Gasteiger partial charge in [0.15, 0.2) is 0 Å². The van der Waals surface area contributed by atoms with E-state index in [-0.39, 0.29) is 0 Å². The standard InChI is InChI=1S/C10H11BrClN5/c11-8-9(12)14-7-15-10(8)13-3-1-5-17-6-2-4-16-17/h2,4,6-7H,1,3,5H2,(H,13,14,15). The van der Waals surface area contributed by atoms with E-state index in [0.29, 0.717) is 15.4 Å². The van der Waals surface area contributed by atoms with Gasteiger partial charge in [-0.15, -0.1) is 0 Å². The van der Waals surface area contributed by atoms with Crippen molar-refractivity contribution in [1.29, 1.82) is 0 Å². The first-order chi connectivity index (χ1) is 8.27. The monoisotopic (exact) mass is 315 g/mol. The van der Waals surface area contributed by atoms with Gasteiger partial charge in [0.05, 0.1) is 4.47 Å². The Morgan fingerprint density at radius 3 is 3.06 bits per heavy atom. The fourth-order valence-corrected chi connectivity index (χ4v) is 1.83. The Kier molecular flexibility index (Phi) is 4.33. The van der Waals surface area contributed by atoms with E-state index in [2.05, 4.69) is 36.3 Å². The van der Waals surface area contributed by atoms with Crippen LogP contribution in [0.5, 0.6) is 0 Å². The Balaban J connectivity index is 1.80. The van der Waals surface area contributed by atoms with Crippen LogP contribution in [0.1, 0.15) is 6.42 Å². The molecule has 0 fully saturated rings. The molecule has 0 atom stereocenters. The fourth-order valence-electron chi connectivity index (χ4n) is 1.35. The summed E-state index contributed by atoms with van der Waals surface area (Å²) in [4.78, 5) is 7.96. The van der Waals surface area contributed by atoms with Crippen LogP contribution in [0.3, 0.4) is 0 Å². The third-order valence-electron chi connectivity index (χ3n) is 2.16. The SMILES string of the molecule is Clc1ncnc(NCCCn2cccn2)c1Br. The number of halogens is 2. The maximum Gasteiger partial charge on any atom is 0.148 e. The van der Waals surface area contributed by atoms with Crippen LogP contribution in [0, 0.1) is 0 Å². The molecule has 90 valence electrons. The molecule has 7 heteroatoms. The van der Waals surface area contributed by atoms with E-state index in [9.17, 15) is 0 Å². The van der Waals surface area contributed by atoms with Crippen molar-refractivity contribution < 1.29 is 0 Å². The van der Waals surface area contributed by atoms with Gasteiger partial charge in [0.25, 0.3) is 0 Å². The number of nitrogens with zero attached hydrogens (tertiary/aromatic N) is 4. The van der Waals surface area contributed by atoms with Crippen LogP contribution in [0.15, 0.2) is 29.3 Å². The van der Waals surface area contributed by atoms with Gasteiger partial charge in [0, 0.05) is 25.5 Å². The lowest BCUT2D eigenvalue weighted by Gasteiger charge is -2.07. The molecule has 0 aromatic carbocycles. The number of anilines is 1. The molecule has 0 saturated heterocycles. The zero-order chi connectivity index (χ0) is 12.1. The predicted molar refractivity (Wildman–Crippen MR) is 70.1 cm³/mol. The Hall–Kier alpha value is -1.14. The Labute approximate surface area is 112 Å². The maximum absolute atomic E-state index is 5.86. The quantitative estimate of drug-likeness (QED) is 0.680. The molecule has 0 unspecified atom stereocenters. The van der Waals surface area contributed by atoms with Crippen molar-refractivity contribution in [3.05, 3.63) is 34.4 Å². The van der Waals surface area contributed by atoms with Gasteiger partial charge in [0.1, 0.15) is 17.3 Å². The van der Waals surface area contributed by atoms with E-state index < -0.39 is 0 Å². The van der Waals surface area contributed by atoms with Gasteiger partial charge >= 0.3 is 0 Å².